The lowest BCUT2D eigenvalue weighted by Crippen LogP contribution is -2.00. The van der Waals surface area contributed by atoms with Crippen LogP contribution in [-0.2, 0) is 0 Å². The molecule has 1 aromatic carbocycles. The zero-order valence-electron chi connectivity index (χ0n) is 5.60. The van der Waals surface area contributed by atoms with Gasteiger partial charge < -0.3 is 4.74 Å². The minimum Gasteiger partial charge on any atom is -0.495 e. The minimum atomic E-state index is 0.544. The van der Waals surface area contributed by atoms with Gasteiger partial charge in [-0.15, -0.1) is 0 Å². The molecule has 0 aliphatic rings. The van der Waals surface area contributed by atoms with E-state index in [0.717, 1.165) is 0 Å². The van der Waals surface area contributed by atoms with Crippen molar-refractivity contribution in [2.75, 3.05) is 7.11 Å². The highest BCUT2D eigenvalue weighted by Gasteiger charge is 1.96. The summed E-state index contributed by atoms with van der Waals surface area (Å²) in [7, 11) is 7.01. The molecule has 0 N–H and O–H groups in total. The molecule has 1 aromatic rings. The number of ether oxygens (including phenoxy) is 1. The molecule has 50 valence electrons. The standard InChI is InChI=1S/C7H6BClO/c1-10-7-3-2-5(8)4-6(7)9/h2-4H,1H3. The van der Waals surface area contributed by atoms with Crippen LogP contribution >= 0.6 is 11.6 Å². The molecule has 0 saturated heterocycles. The summed E-state index contributed by atoms with van der Waals surface area (Å²) in [5, 5.41) is 0.544. The Morgan fingerprint density at radius 1 is 1.50 bits per heavy atom. The maximum atomic E-state index is 5.72. The fraction of sp³-hybridized carbons (Fsp3) is 0.143. The Kier molecular flexibility index (Phi) is 2.23. The van der Waals surface area contributed by atoms with Crippen molar-refractivity contribution >= 4 is 24.9 Å². The smallest absolute Gasteiger partial charge is 0.137 e. The van der Waals surface area contributed by atoms with Crippen LogP contribution in [0.4, 0.5) is 0 Å². The third-order valence-corrected chi connectivity index (χ3v) is 1.47. The summed E-state index contributed by atoms with van der Waals surface area (Å²) in [6.45, 7) is 0. The maximum Gasteiger partial charge on any atom is 0.137 e. The van der Waals surface area contributed by atoms with Gasteiger partial charge in [0.2, 0.25) is 0 Å². The molecule has 10 heavy (non-hydrogen) atoms. The highest BCUT2D eigenvalue weighted by molar-refractivity contribution is 6.37. The van der Waals surface area contributed by atoms with Crippen molar-refractivity contribution in [3.8, 4) is 5.75 Å². The van der Waals surface area contributed by atoms with Gasteiger partial charge in [0.15, 0.2) is 0 Å². The highest BCUT2D eigenvalue weighted by Crippen LogP contribution is 2.20. The van der Waals surface area contributed by atoms with Gasteiger partial charge in [0.05, 0.1) is 12.1 Å². The predicted octanol–water partition coefficient (Wildman–Crippen LogP) is 1.14. The van der Waals surface area contributed by atoms with Gasteiger partial charge in [-0.05, 0) is 12.1 Å². The first kappa shape index (κ1) is 7.48. The average Bonchev–Trinajstić information content (AvgIpc) is 1.88. The fourth-order valence-electron chi connectivity index (χ4n) is 0.683. The number of hydrogen-bond acceptors (Lipinski definition) is 1. The molecule has 0 aliphatic heterocycles. The van der Waals surface area contributed by atoms with Crippen LogP contribution in [0.2, 0.25) is 5.02 Å². The van der Waals surface area contributed by atoms with Gasteiger partial charge in [-0.3, -0.25) is 0 Å². The fourth-order valence-corrected chi connectivity index (χ4v) is 0.949. The molecule has 0 amide bonds. The van der Waals surface area contributed by atoms with E-state index >= 15 is 0 Å². The van der Waals surface area contributed by atoms with Gasteiger partial charge in [0.25, 0.3) is 0 Å². The summed E-state index contributed by atoms with van der Waals surface area (Å²) < 4.78 is 4.91. The summed E-state index contributed by atoms with van der Waals surface area (Å²) >= 11 is 5.72. The second-order valence-electron chi connectivity index (χ2n) is 1.89. The van der Waals surface area contributed by atoms with Crippen LogP contribution in [0.5, 0.6) is 5.75 Å². The van der Waals surface area contributed by atoms with E-state index in [4.69, 9.17) is 24.2 Å². The van der Waals surface area contributed by atoms with E-state index in [2.05, 4.69) is 0 Å². The van der Waals surface area contributed by atoms with E-state index < -0.39 is 0 Å². The summed E-state index contributed by atoms with van der Waals surface area (Å²) in [6, 6.07) is 5.13. The first-order chi connectivity index (χ1) is 4.74. The molecule has 0 bridgehead atoms. The second-order valence-corrected chi connectivity index (χ2v) is 2.30. The molecule has 0 fully saturated rings. The number of methoxy groups -OCH3 is 1. The molecule has 1 rings (SSSR count). The molecule has 0 spiro atoms. The summed E-state index contributed by atoms with van der Waals surface area (Å²) in [5.74, 6) is 0.649. The first-order valence-electron chi connectivity index (χ1n) is 2.83. The Bertz CT molecular complexity index is 237. The second kappa shape index (κ2) is 2.97. The van der Waals surface area contributed by atoms with Crippen molar-refractivity contribution in [1.29, 1.82) is 0 Å². The van der Waals surface area contributed by atoms with Crippen LogP contribution in [0.25, 0.3) is 0 Å². The zero-order valence-corrected chi connectivity index (χ0v) is 6.35. The normalized spacial score (nSPS) is 9.40. The third-order valence-electron chi connectivity index (χ3n) is 1.18. The molecule has 0 atom stereocenters. The maximum absolute atomic E-state index is 5.72. The zero-order chi connectivity index (χ0) is 7.56. The van der Waals surface area contributed by atoms with E-state index in [1.54, 1.807) is 25.3 Å². The van der Waals surface area contributed by atoms with Crippen LogP contribution in [-0.4, -0.2) is 15.0 Å². The van der Waals surface area contributed by atoms with Crippen molar-refractivity contribution in [3.63, 3.8) is 0 Å². The molecule has 3 heteroatoms. The molecule has 0 aliphatic carbocycles. The lowest BCUT2D eigenvalue weighted by atomic mass is 9.97. The monoisotopic (exact) mass is 152 g/mol. The summed E-state index contributed by atoms with van der Waals surface area (Å²) in [4.78, 5) is 0. The van der Waals surface area contributed by atoms with E-state index in [1.165, 1.54) is 0 Å². The Morgan fingerprint density at radius 2 is 2.20 bits per heavy atom. The van der Waals surface area contributed by atoms with Crippen LogP contribution in [0.1, 0.15) is 0 Å². The van der Waals surface area contributed by atoms with Gasteiger partial charge >= 0.3 is 0 Å². The summed E-state index contributed by atoms with van der Waals surface area (Å²) in [6.07, 6.45) is 0. The van der Waals surface area contributed by atoms with Crippen molar-refractivity contribution in [2.45, 2.75) is 0 Å². The molecule has 2 radical (unpaired) electrons. The van der Waals surface area contributed by atoms with Crippen LogP contribution in [0.3, 0.4) is 0 Å². The molecule has 0 heterocycles. The Hall–Kier alpha value is -0.625. The highest BCUT2D eigenvalue weighted by atomic mass is 35.5. The number of benzene rings is 1. The van der Waals surface area contributed by atoms with Crippen molar-refractivity contribution in [2.24, 2.45) is 0 Å². The van der Waals surface area contributed by atoms with Gasteiger partial charge in [0, 0.05) is 0 Å². The Balaban J connectivity index is 3.07. The molecule has 0 unspecified atom stereocenters. The van der Waals surface area contributed by atoms with Crippen molar-refractivity contribution < 1.29 is 4.74 Å². The number of rotatable bonds is 1. The van der Waals surface area contributed by atoms with Crippen molar-refractivity contribution in [1.82, 2.24) is 0 Å². The van der Waals surface area contributed by atoms with E-state index in [1.807, 2.05) is 0 Å². The predicted molar refractivity (Wildman–Crippen MR) is 43.4 cm³/mol. The molecule has 0 aromatic heterocycles. The topological polar surface area (TPSA) is 9.23 Å². The number of halogens is 1. The molecular weight excluding hydrogens is 146 g/mol. The lowest BCUT2D eigenvalue weighted by Gasteiger charge is -2.01. The Labute approximate surface area is 66.4 Å². The molecular formula is C7H6BClO. The van der Waals surface area contributed by atoms with Crippen LogP contribution in [0, 0.1) is 0 Å². The largest absolute Gasteiger partial charge is 0.495 e. The quantitative estimate of drug-likeness (QED) is 0.549. The Morgan fingerprint density at radius 3 is 2.70 bits per heavy atom. The first-order valence-corrected chi connectivity index (χ1v) is 3.21. The molecule has 1 nitrogen and oxygen atoms in total. The lowest BCUT2D eigenvalue weighted by molar-refractivity contribution is 0.415. The minimum absolute atomic E-state index is 0.544. The van der Waals surface area contributed by atoms with Gasteiger partial charge in [-0.2, -0.15) is 0 Å². The van der Waals surface area contributed by atoms with E-state index in [0.29, 0.717) is 16.2 Å². The van der Waals surface area contributed by atoms with Gasteiger partial charge in [-0.25, -0.2) is 0 Å². The van der Waals surface area contributed by atoms with Crippen molar-refractivity contribution in [3.05, 3.63) is 23.2 Å². The third kappa shape index (κ3) is 1.45. The van der Waals surface area contributed by atoms with Gasteiger partial charge in [0.1, 0.15) is 13.6 Å². The van der Waals surface area contributed by atoms with E-state index in [-0.39, 0.29) is 0 Å². The summed E-state index contributed by atoms with van der Waals surface area (Å²) in [5.41, 5.74) is 0.644. The van der Waals surface area contributed by atoms with Gasteiger partial charge in [-0.1, -0.05) is 23.1 Å². The average molecular weight is 152 g/mol. The molecule has 0 saturated carbocycles. The number of hydrogen-bond donors (Lipinski definition) is 0. The SMILES string of the molecule is [B]c1ccc(OC)c(Cl)c1. The van der Waals surface area contributed by atoms with Crippen LogP contribution in [0.15, 0.2) is 18.2 Å². The van der Waals surface area contributed by atoms with Crippen LogP contribution < -0.4 is 10.2 Å². The van der Waals surface area contributed by atoms with E-state index in [9.17, 15) is 0 Å².